The van der Waals surface area contributed by atoms with Crippen LogP contribution in [-0.4, -0.2) is 0 Å². The van der Waals surface area contributed by atoms with Crippen LogP contribution in [0.4, 0.5) is 0 Å². The summed E-state index contributed by atoms with van der Waals surface area (Å²) in [5.41, 5.74) is 2.70. The Morgan fingerprint density at radius 3 is 2.71 bits per heavy atom. The van der Waals surface area contributed by atoms with Crippen LogP contribution in [0.25, 0.3) is 0 Å². The molecule has 2 rings (SSSR count). The van der Waals surface area contributed by atoms with Gasteiger partial charge in [-0.25, -0.2) is 0 Å². The first-order valence-electron chi connectivity index (χ1n) is 4.10. The summed E-state index contributed by atoms with van der Waals surface area (Å²) in [7, 11) is 0. The zero-order valence-electron chi connectivity index (χ0n) is 7.46. The molecule has 0 aliphatic rings. The molecule has 0 bridgehead atoms. The zero-order chi connectivity index (χ0) is 10.1. The molecule has 0 fully saturated rings. The second kappa shape index (κ2) is 4.47. The second-order valence-corrected chi connectivity index (χ2v) is 7.31. The first-order chi connectivity index (χ1) is 6.68. The molecule has 0 amide bonds. The van der Waals surface area contributed by atoms with Gasteiger partial charge in [-0.2, -0.15) is 11.3 Å². The number of hydrogen-bond acceptors (Lipinski definition) is 2. The Labute approximate surface area is 108 Å². The molecule has 0 radical (unpaired) electrons. The molecule has 0 aliphatic heterocycles. The lowest BCUT2D eigenvalue weighted by Gasteiger charge is -2.06. The molecule has 0 aliphatic carbocycles. The number of rotatable bonds is 2. The van der Waals surface area contributed by atoms with Gasteiger partial charge in [0.15, 0.2) is 0 Å². The van der Waals surface area contributed by atoms with E-state index in [4.69, 9.17) is 0 Å². The highest BCUT2D eigenvalue weighted by Crippen LogP contribution is 2.38. The lowest BCUT2D eigenvalue weighted by atomic mass is 10.1. The van der Waals surface area contributed by atoms with Gasteiger partial charge in [-0.3, -0.25) is 0 Å². The van der Waals surface area contributed by atoms with E-state index < -0.39 is 0 Å². The predicted octanol–water partition coefficient (Wildman–Crippen LogP) is 5.36. The van der Waals surface area contributed by atoms with Crippen molar-refractivity contribution in [3.05, 3.63) is 42.7 Å². The van der Waals surface area contributed by atoms with E-state index in [-0.39, 0.29) is 0 Å². The van der Waals surface area contributed by atoms with Crippen molar-refractivity contribution in [3.63, 3.8) is 0 Å². The third-order valence-electron chi connectivity index (χ3n) is 2.03. The Kier molecular flexibility index (Phi) is 3.47. The Balaban J connectivity index is 2.36. The van der Waals surface area contributed by atoms with E-state index in [1.807, 2.05) is 0 Å². The first-order valence-corrected chi connectivity index (χ1v) is 7.57. The van der Waals surface area contributed by atoms with E-state index in [1.165, 1.54) is 19.8 Å². The molecular weight excluding hydrogens is 344 g/mol. The minimum absolute atomic E-state index is 0.330. The summed E-state index contributed by atoms with van der Waals surface area (Å²) in [5.74, 6) is 0. The van der Waals surface area contributed by atoms with Crippen LogP contribution in [0.1, 0.15) is 20.8 Å². The van der Waals surface area contributed by atoms with Gasteiger partial charge in [0, 0.05) is 4.88 Å². The van der Waals surface area contributed by atoms with Crippen LogP contribution in [-0.2, 0) is 0 Å². The van der Waals surface area contributed by atoms with E-state index in [0.717, 1.165) is 0 Å². The molecular formula is C10H8Br2S2. The summed E-state index contributed by atoms with van der Waals surface area (Å²) in [5, 5.41) is 4.30. The van der Waals surface area contributed by atoms with Gasteiger partial charge in [0.1, 0.15) is 0 Å². The molecule has 14 heavy (non-hydrogen) atoms. The third-order valence-corrected chi connectivity index (χ3v) is 5.33. The monoisotopic (exact) mass is 350 g/mol. The minimum Gasteiger partial charge on any atom is -0.152 e. The Morgan fingerprint density at radius 1 is 1.43 bits per heavy atom. The van der Waals surface area contributed by atoms with E-state index in [1.54, 1.807) is 22.7 Å². The van der Waals surface area contributed by atoms with Crippen molar-refractivity contribution in [3.8, 4) is 0 Å². The fraction of sp³-hybridized carbons (Fsp3) is 0.200. The lowest BCUT2D eigenvalue weighted by Crippen LogP contribution is -1.89. The molecule has 0 saturated carbocycles. The highest BCUT2D eigenvalue weighted by Gasteiger charge is 2.15. The van der Waals surface area contributed by atoms with E-state index in [0.29, 0.717) is 4.83 Å². The highest BCUT2D eigenvalue weighted by atomic mass is 79.9. The lowest BCUT2D eigenvalue weighted by molar-refractivity contribution is 1.19. The molecule has 2 aromatic rings. The summed E-state index contributed by atoms with van der Waals surface area (Å²) in [6.07, 6.45) is 0. The fourth-order valence-electron chi connectivity index (χ4n) is 1.31. The topological polar surface area (TPSA) is 0 Å². The summed E-state index contributed by atoms with van der Waals surface area (Å²) in [6.45, 7) is 2.16. The van der Waals surface area contributed by atoms with Gasteiger partial charge in [0.2, 0.25) is 0 Å². The van der Waals surface area contributed by atoms with Crippen LogP contribution < -0.4 is 0 Å². The third kappa shape index (κ3) is 2.13. The number of halogens is 2. The standard InChI is InChI=1S/C10H8Br2S2/c1-6-8(4-9(11)14-6)10(12)7-2-3-13-5-7/h2-5,10H,1H3. The van der Waals surface area contributed by atoms with Crippen molar-refractivity contribution < 1.29 is 0 Å². The molecule has 0 N–H and O–H groups in total. The maximum Gasteiger partial charge on any atom is 0.0704 e. The van der Waals surface area contributed by atoms with Crippen molar-refractivity contribution in [2.24, 2.45) is 0 Å². The highest BCUT2D eigenvalue weighted by molar-refractivity contribution is 9.11. The van der Waals surface area contributed by atoms with Crippen LogP contribution in [0.2, 0.25) is 0 Å². The largest absolute Gasteiger partial charge is 0.152 e. The van der Waals surface area contributed by atoms with Crippen molar-refractivity contribution in [2.75, 3.05) is 0 Å². The second-order valence-electron chi connectivity index (χ2n) is 2.98. The van der Waals surface area contributed by atoms with Crippen molar-refractivity contribution >= 4 is 54.5 Å². The van der Waals surface area contributed by atoms with Crippen molar-refractivity contribution in [1.82, 2.24) is 0 Å². The molecule has 2 heterocycles. The Bertz CT molecular complexity index is 417. The molecule has 4 heteroatoms. The van der Waals surface area contributed by atoms with E-state index >= 15 is 0 Å². The van der Waals surface area contributed by atoms with Crippen molar-refractivity contribution in [1.29, 1.82) is 0 Å². The van der Waals surface area contributed by atoms with E-state index in [2.05, 4.69) is 61.7 Å². The predicted molar refractivity (Wildman–Crippen MR) is 71.8 cm³/mol. The maximum atomic E-state index is 3.73. The van der Waals surface area contributed by atoms with Crippen LogP contribution in [0, 0.1) is 6.92 Å². The van der Waals surface area contributed by atoms with Gasteiger partial charge in [0.05, 0.1) is 8.61 Å². The average molecular weight is 352 g/mol. The number of thiophene rings is 2. The molecule has 0 spiro atoms. The summed E-state index contributed by atoms with van der Waals surface area (Å²) >= 11 is 10.8. The van der Waals surface area contributed by atoms with Crippen LogP contribution in [0.15, 0.2) is 26.7 Å². The normalized spacial score (nSPS) is 13.1. The van der Waals surface area contributed by atoms with Gasteiger partial charge >= 0.3 is 0 Å². The first kappa shape index (κ1) is 10.9. The van der Waals surface area contributed by atoms with Crippen LogP contribution in [0.5, 0.6) is 0 Å². The van der Waals surface area contributed by atoms with Gasteiger partial charge in [-0.1, -0.05) is 15.9 Å². The molecule has 2 aromatic heterocycles. The van der Waals surface area contributed by atoms with Gasteiger partial charge in [-0.15, -0.1) is 11.3 Å². The van der Waals surface area contributed by atoms with Crippen LogP contribution in [0.3, 0.4) is 0 Å². The number of aryl methyl sites for hydroxylation is 1. The fourth-order valence-corrected chi connectivity index (χ4v) is 4.83. The summed E-state index contributed by atoms with van der Waals surface area (Å²) in [6, 6.07) is 4.35. The summed E-state index contributed by atoms with van der Waals surface area (Å²) < 4.78 is 1.20. The van der Waals surface area contributed by atoms with Gasteiger partial charge in [0.25, 0.3) is 0 Å². The van der Waals surface area contributed by atoms with Gasteiger partial charge in [-0.05, 0) is 56.9 Å². The Morgan fingerprint density at radius 2 is 2.21 bits per heavy atom. The SMILES string of the molecule is Cc1sc(Br)cc1C(Br)c1ccsc1. The molecule has 74 valence electrons. The Hall–Kier alpha value is 0.360. The average Bonchev–Trinajstić information content (AvgIpc) is 2.73. The molecule has 1 atom stereocenters. The molecule has 1 unspecified atom stereocenters. The van der Waals surface area contributed by atoms with Gasteiger partial charge < -0.3 is 0 Å². The molecule has 0 aromatic carbocycles. The minimum atomic E-state index is 0.330. The van der Waals surface area contributed by atoms with Crippen LogP contribution >= 0.6 is 54.5 Å². The number of hydrogen-bond donors (Lipinski definition) is 0. The zero-order valence-corrected chi connectivity index (χ0v) is 12.3. The van der Waals surface area contributed by atoms with E-state index in [9.17, 15) is 0 Å². The quantitative estimate of drug-likeness (QED) is 0.638. The van der Waals surface area contributed by atoms with Crippen molar-refractivity contribution in [2.45, 2.75) is 11.8 Å². The number of alkyl halides is 1. The smallest absolute Gasteiger partial charge is 0.0704 e. The molecule has 0 nitrogen and oxygen atoms in total. The summed E-state index contributed by atoms with van der Waals surface area (Å²) in [4.78, 5) is 1.70. The molecule has 0 saturated heterocycles. The maximum absolute atomic E-state index is 3.73.